The number of para-hydroxylation sites is 1. The predicted octanol–water partition coefficient (Wildman–Crippen LogP) is 1.90. The molecule has 0 bridgehead atoms. The molecule has 0 saturated carbocycles. The molecular formula is C14H14O3. The van der Waals surface area contributed by atoms with Crippen molar-refractivity contribution in [2.45, 2.75) is 5.79 Å². The maximum Gasteiger partial charge on any atom is 0.258 e. The van der Waals surface area contributed by atoms with Crippen molar-refractivity contribution in [3.63, 3.8) is 0 Å². The zero-order valence-electron chi connectivity index (χ0n) is 9.28. The largest absolute Gasteiger partial charge is 0.456 e. The van der Waals surface area contributed by atoms with Gasteiger partial charge >= 0.3 is 0 Å². The second kappa shape index (κ2) is 4.99. The lowest BCUT2D eigenvalue weighted by Crippen LogP contribution is -2.36. The molecule has 88 valence electrons. The minimum Gasteiger partial charge on any atom is -0.456 e. The fourth-order valence-electron chi connectivity index (χ4n) is 1.56. The Bertz CT molecular complexity index is 455. The molecule has 3 heteroatoms. The molecular weight excluding hydrogens is 216 g/mol. The molecule has 2 N–H and O–H groups in total. The molecule has 2 rings (SSSR count). The molecule has 0 fully saturated rings. The Morgan fingerprint density at radius 2 is 1.41 bits per heavy atom. The Balaban J connectivity index is 2.27. The normalized spacial score (nSPS) is 14.0. The van der Waals surface area contributed by atoms with Crippen molar-refractivity contribution in [3.05, 3.63) is 66.2 Å². The van der Waals surface area contributed by atoms with E-state index in [2.05, 4.69) is 0 Å². The van der Waals surface area contributed by atoms with E-state index in [1.54, 1.807) is 48.5 Å². The summed E-state index contributed by atoms with van der Waals surface area (Å²) in [5.41, 5.74) is 0.520. The van der Waals surface area contributed by atoms with Gasteiger partial charge in [0.25, 0.3) is 5.79 Å². The van der Waals surface area contributed by atoms with Crippen molar-refractivity contribution in [2.24, 2.45) is 0 Å². The summed E-state index contributed by atoms with van der Waals surface area (Å²) in [6.07, 6.45) is 0. The molecule has 0 aliphatic rings. The average molecular weight is 230 g/mol. The van der Waals surface area contributed by atoms with Gasteiger partial charge in [-0.25, -0.2) is 0 Å². The SMILES string of the molecule is OCC(O)(Oc1ccccc1)c1ccccc1. The van der Waals surface area contributed by atoms with E-state index in [1.807, 2.05) is 12.1 Å². The zero-order chi connectivity index (χ0) is 12.1. The van der Waals surface area contributed by atoms with E-state index in [0.29, 0.717) is 11.3 Å². The molecule has 3 nitrogen and oxygen atoms in total. The van der Waals surface area contributed by atoms with Gasteiger partial charge in [0.1, 0.15) is 12.4 Å². The maximum absolute atomic E-state index is 10.3. The summed E-state index contributed by atoms with van der Waals surface area (Å²) in [6.45, 7) is -0.508. The third-order valence-electron chi connectivity index (χ3n) is 2.47. The van der Waals surface area contributed by atoms with E-state index in [0.717, 1.165) is 0 Å². The molecule has 2 aromatic rings. The first-order valence-corrected chi connectivity index (χ1v) is 5.37. The van der Waals surface area contributed by atoms with Crippen molar-refractivity contribution in [1.29, 1.82) is 0 Å². The fraction of sp³-hybridized carbons (Fsp3) is 0.143. The number of hydrogen-bond donors (Lipinski definition) is 2. The van der Waals surface area contributed by atoms with E-state index in [-0.39, 0.29) is 0 Å². The Morgan fingerprint density at radius 3 is 1.94 bits per heavy atom. The van der Waals surface area contributed by atoms with Crippen LogP contribution in [-0.4, -0.2) is 16.8 Å². The molecule has 2 aromatic carbocycles. The number of aliphatic hydroxyl groups excluding tert-OH is 1. The van der Waals surface area contributed by atoms with Gasteiger partial charge in [-0.1, -0.05) is 48.5 Å². The highest BCUT2D eigenvalue weighted by atomic mass is 16.6. The number of rotatable bonds is 4. The average Bonchev–Trinajstić information content (AvgIpc) is 2.41. The van der Waals surface area contributed by atoms with Gasteiger partial charge in [-0.15, -0.1) is 0 Å². The molecule has 1 unspecified atom stereocenters. The summed E-state index contributed by atoms with van der Waals surface area (Å²) in [4.78, 5) is 0. The molecule has 0 saturated heterocycles. The van der Waals surface area contributed by atoms with Crippen LogP contribution in [0, 0.1) is 0 Å². The maximum atomic E-state index is 10.3. The van der Waals surface area contributed by atoms with Gasteiger partial charge in [0.15, 0.2) is 0 Å². The van der Waals surface area contributed by atoms with Gasteiger partial charge in [-0.2, -0.15) is 0 Å². The van der Waals surface area contributed by atoms with Crippen molar-refractivity contribution < 1.29 is 14.9 Å². The van der Waals surface area contributed by atoms with Crippen molar-refractivity contribution in [3.8, 4) is 5.75 Å². The number of hydrogen-bond acceptors (Lipinski definition) is 3. The Morgan fingerprint density at radius 1 is 0.882 bits per heavy atom. The first kappa shape index (κ1) is 11.6. The standard InChI is InChI=1S/C14H14O3/c15-11-14(16,12-7-3-1-4-8-12)17-13-9-5-2-6-10-13/h1-10,15-16H,11H2. The lowest BCUT2D eigenvalue weighted by Gasteiger charge is -2.27. The van der Waals surface area contributed by atoms with Crippen LogP contribution in [0.25, 0.3) is 0 Å². The molecule has 0 heterocycles. The van der Waals surface area contributed by atoms with Crippen LogP contribution >= 0.6 is 0 Å². The summed E-state index contributed by atoms with van der Waals surface area (Å²) < 4.78 is 5.44. The van der Waals surface area contributed by atoms with Crippen LogP contribution in [0.3, 0.4) is 0 Å². The third kappa shape index (κ3) is 2.64. The van der Waals surface area contributed by atoms with Crippen molar-refractivity contribution in [2.75, 3.05) is 6.61 Å². The first-order chi connectivity index (χ1) is 8.24. The van der Waals surface area contributed by atoms with Gasteiger partial charge in [0, 0.05) is 5.56 Å². The minimum atomic E-state index is -1.71. The van der Waals surface area contributed by atoms with E-state index in [1.165, 1.54) is 0 Å². The highest BCUT2D eigenvalue weighted by Crippen LogP contribution is 2.25. The first-order valence-electron chi connectivity index (χ1n) is 5.37. The molecule has 1 atom stereocenters. The molecule has 0 aliphatic carbocycles. The van der Waals surface area contributed by atoms with Crippen LogP contribution in [0.15, 0.2) is 60.7 Å². The van der Waals surface area contributed by atoms with Crippen molar-refractivity contribution in [1.82, 2.24) is 0 Å². The molecule has 0 aromatic heterocycles. The number of ether oxygens (including phenoxy) is 1. The smallest absolute Gasteiger partial charge is 0.258 e. The minimum absolute atomic E-state index is 0.507. The van der Waals surface area contributed by atoms with Crippen LogP contribution in [0.1, 0.15) is 5.56 Å². The lowest BCUT2D eigenvalue weighted by atomic mass is 10.1. The van der Waals surface area contributed by atoms with Gasteiger partial charge in [-0.3, -0.25) is 0 Å². The van der Waals surface area contributed by atoms with Crippen LogP contribution < -0.4 is 4.74 Å². The quantitative estimate of drug-likeness (QED) is 0.789. The van der Waals surface area contributed by atoms with Gasteiger partial charge in [0.05, 0.1) is 0 Å². The second-order valence-corrected chi connectivity index (χ2v) is 3.72. The Kier molecular flexibility index (Phi) is 3.42. The second-order valence-electron chi connectivity index (χ2n) is 3.72. The summed E-state index contributed by atoms with van der Waals surface area (Å²) >= 11 is 0. The molecule has 0 aliphatic heterocycles. The highest BCUT2D eigenvalue weighted by molar-refractivity contribution is 5.26. The van der Waals surface area contributed by atoms with Crippen LogP contribution in [0.2, 0.25) is 0 Å². The summed E-state index contributed by atoms with van der Waals surface area (Å²) in [5, 5.41) is 19.6. The summed E-state index contributed by atoms with van der Waals surface area (Å²) in [6, 6.07) is 17.7. The van der Waals surface area contributed by atoms with Crippen LogP contribution in [-0.2, 0) is 5.79 Å². The van der Waals surface area contributed by atoms with E-state index < -0.39 is 12.4 Å². The summed E-state index contributed by atoms with van der Waals surface area (Å²) in [5.74, 6) is -1.20. The van der Waals surface area contributed by atoms with Crippen molar-refractivity contribution >= 4 is 0 Å². The molecule has 0 amide bonds. The van der Waals surface area contributed by atoms with E-state index in [4.69, 9.17) is 4.74 Å². The van der Waals surface area contributed by atoms with Gasteiger partial charge in [-0.05, 0) is 12.1 Å². The monoisotopic (exact) mass is 230 g/mol. The molecule has 17 heavy (non-hydrogen) atoms. The number of aliphatic hydroxyl groups is 2. The zero-order valence-corrected chi connectivity index (χ0v) is 9.28. The van der Waals surface area contributed by atoms with Gasteiger partial charge in [0.2, 0.25) is 0 Å². The topological polar surface area (TPSA) is 49.7 Å². The molecule has 0 spiro atoms. The Labute approximate surface area is 99.9 Å². The van der Waals surface area contributed by atoms with Crippen LogP contribution in [0.5, 0.6) is 5.75 Å². The van der Waals surface area contributed by atoms with Crippen LogP contribution in [0.4, 0.5) is 0 Å². The van der Waals surface area contributed by atoms with E-state index >= 15 is 0 Å². The lowest BCUT2D eigenvalue weighted by molar-refractivity contribution is -0.174. The highest BCUT2D eigenvalue weighted by Gasteiger charge is 2.30. The van der Waals surface area contributed by atoms with Gasteiger partial charge < -0.3 is 14.9 Å². The summed E-state index contributed by atoms with van der Waals surface area (Å²) in [7, 11) is 0. The number of benzene rings is 2. The third-order valence-corrected chi connectivity index (χ3v) is 2.47. The molecule has 0 radical (unpaired) electrons. The van der Waals surface area contributed by atoms with E-state index in [9.17, 15) is 10.2 Å². The fourth-order valence-corrected chi connectivity index (χ4v) is 1.56. The Hall–Kier alpha value is -1.84. The predicted molar refractivity (Wildman–Crippen MR) is 64.5 cm³/mol.